The summed E-state index contributed by atoms with van der Waals surface area (Å²) in [5.41, 5.74) is 0.911. The second-order valence-electron chi connectivity index (χ2n) is 10.3. The molecule has 3 aromatic carbocycles. The molecule has 1 heterocycles. The highest BCUT2D eigenvalue weighted by Gasteiger charge is 2.26. The lowest BCUT2D eigenvalue weighted by molar-refractivity contribution is 0.0977. The summed E-state index contributed by atoms with van der Waals surface area (Å²) in [4.78, 5) is 13.3. The normalized spacial score (nSPS) is 14.5. The molecule has 0 unspecified atom stereocenters. The van der Waals surface area contributed by atoms with Gasteiger partial charge in [0.05, 0.1) is 15.5 Å². The number of hydrogen-bond acceptors (Lipinski definition) is 6. The fourth-order valence-electron chi connectivity index (χ4n) is 4.68. The van der Waals surface area contributed by atoms with Crippen molar-refractivity contribution in [1.82, 2.24) is 4.31 Å². The zero-order valence-corrected chi connectivity index (χ0v) is 26.7. The number of unbranched alkanes of at least 4 members (excludes halogenated alkanes) is 2. The van der Waals surface area contributed by atoms with Gasteiger partial charge in [0, 0.05) is 30.2 Å². The summed E-state index contributed by atoms with van der Waals surface area (Å²) < 4.78 is 62.4. The molecule has 0 aliphatic carbocycles. The Hall–Kier alpha value is -2.63. The third kappa shape index (κ3) is 7.65. The van der Waals surface area contributed by atoms with Crippen LogP contribution in [0.3, 0.4) is 0 Å². The first kappa shape index (κ1) is 32.3. The summed E-state index contributed by atoms with van der Waals surface area (Å²) in [7, 11) is -7.70. The lowest BCUT2D eigenvalue weighted by Crippen LogP contribution is -2.35. The Labute approximate surface area is 258 Å². The minimum atomic E-state index is -4.10. The SMILES string of the molecule is CCCCCC(=O)c1cc(NS(=O)(=O)c2cc(C)c(Cl)cc2Cl)ccc1Oc1ccc(S(=O)(=O)N2CCCCC2)cc1. The Kier molecular flexibility index (Phi) is 10.6. The van der Waals surface area contributed by atoms with E-state index in [1.807, 2.05) is 6.92 Å². The van der Waals surface area contributed by atoms with E-state index in [2.05, 4.69) is 4.72 Å². The highest BCUT2D eigenvalue weighted by atomic mass is 35.5. The van der Waals surface area contributed by atoms with Crippen LogP contribution >= 0.6 is 23.2 Å². The van der Waals surface area contributed by atoms with E-state index in [-0.39, 0.29) is 44.0 Å². The maximum Gasteiger partial charge on any atom is 0.263 e. The molecule has 8 nitrogen and oxygen atoms in total. The highest BCUT2D eigenvalue weighted by Crippen LogP contribution is 2.33. The summed E-state index contributed by atoms with van der Waals surface area (Å²) >= 11 is 12.3. The van der Waals surface area contributed by atoms with E-state index < -0.39 is 20.0 Å². The first-order valence-electron chi connectivity index (χ1n) is 13.9. The Morgan fingerprint density at radius 3 is 2.26 bits per heavy atom. The largest absolute Gasteiger partial charge is 0.457 e. The van der Waals surface area contributed by atoms with Crippen molar-refractivity contribution in [2.45, 2.75) is 68.6 Å². The number of nitrogens with one attached hydrogen (secondary N) is 1. The number of aryl methyl sites for hydroxylation is 1. The van der Waals surface area contributed by atoms with Crippen molar-refractivity contribution in [2.24, 2.45) is 0 Å². The second kappa shape index (κ2) is 13.8. The summed E-state index contributed by atoms with van der Waals surface area (Å²) in [6, 6.07) is 13.3. The molecule has 4 rings (SSSR count). The van der Waals surface area contributed by atoms with Gasteiger partial charge in [-0.1, -0.05) is 49.4 Å². The number of sulfonamides is 2. The Morgan fingerprint density at radius 2 is 1.60 bits per heavy atom. The van der Waals surface area contributed by atoms with Gasteiger partial charge in [0.1, 0.15) is 16.4 Å². The smallest absolute Gasteiger partial charge is 0.263 e. The average Bonchev–Trinajstić information content (AvgIpc) is 2.96. The monoisotopic (exact) mass is 652 g/mol. The number of ether oxygens (including phenoxy) is 1. The van der Waals surface area contributed by atoms with Gasteiger partial charge in [-0.15, -0.1) is 0 Å². The summed E-state index contributed by atoms with van der Waals surface area (Å²) in [5, 5.41) is 0.317. The van der Waals surface area contributed by atoms with Crippen molar-refractivity contribution >= 4 is 54.7 Å². The number of rotatable bonds is 12. The topological polar surface area (TPSA) is 110 Å². The Bertz CT molecular complexity index is 1650. The fourth-order valence-corrected chi connectivity index (χ4v) is 8.08. The van der Waals surface area contributed by atoms with Crippen LogP contribution < -0.4 is 9.46 Å². The maximum atomic E-state index is 13.2. The van der Waals surface area contributed by atoms with Gasteiger partial charge in [-0.05, 0) is 86.3 Å². The standard InChI is InChI=1S/C30H34Cl2N2O6S2/c1-3-4-6-9-28(35)25-19-22(33-41(36,37)30-18-21(2)26(31)20-27(30)32)10-15-29(25)40-23-11-13-24(14-12-23)42(38,39)34-16-7-5-8-17-34/h10-15,18-20,33H,3-9,16-17H2,1-2H3. The van der Waals surface area contributed by atoms with Crippen molar-refractivity contribution in [1.29, 1.82) is 0 Å². The molecule has 0 atom stereocenters. The molecule has 0 saturated carbocycles. The van der Waals surface area contributed by atoms with Crippen LogP contribution in [0.5, 0.6) is 11.5 Å². The van der Waals surface area contributed by atoms with Gasteiger partial charge in [0.2, 0.25) is 10.0 Å². The zero-order chi connectivity index (χ0) is 30.5. The van der Waals surface area contributed by atoms with Gasteiger partial charge in [0.25, 0.3) is 10.0 Å². The first-order valence-corrected chi connectivity index (χ1v) is 17.5. The molecule has 0 radical (unpaired) electrons. The summed E-state index contributed by atoms with van der Waals surface area (Å²) in [5.74, 6) is 0.363. The van der Waals surface area contributed by atoms with Crippen LogP contribution in [0.4, 0.5) is 5.69 Å². The molecule has 226 valence electrons. The van der Waals surface area contributed by atoms with Gasteiger partial charge >= 0.3 is 0 Å². The van der Waals surface area contributed by atoms with Gasteiger partial charge in [-0.3, -0.25) is 9.52 Å². The van der Waals surface area contributed by atoms with E-state index >= 15 is 0 Å². The number of piperidine rings is 1. The van der Waals surface area contributed by atoms with E-state index in [4.69, 9.17) is 27.9 Å². The molecule has 0 spiro atoms. The number of Topliss-reactive ketones (excluding diaryl/α,β-unsaturated/α-hetero) is 1. The van der Waals surface area contributed by atoms with E-state index in [9.17, 15) is 21.6 Å². The fraction of sp³-hybridized carbons (Fsp3) is 0.367. The first-order chi connectivity index (χ1) is 19.9. The molecule has 1 N–H and O–H groups in total. The van der Waals surface area contributed by atoms with Gasteiger partial charge in [-0.25, -0.2) is 16.8 Å². The number of benzene rings is 3. The number of ketones is 1. The molecular weight excluding hydrogens is 619 g/mol. The Morgan fingerprint density at radius 1 is 0.905 bits per heavy atom. The third-order valence-electron chi connectivity index (χ3n) is 7.05. The molecule has 0 aromatic heterocycles. The molecular formula is C30H34Cl2N2O6S2. The number of nitrogens with zero attached hydrogens (tertiary/aromatic N) is 1. The minimum Gasteiger partial charge on any atom is -0.457 e. The molecule has 1 fully saturated rings. The van der Waals surface area contributed by atoms with Crippen molar-refractivity contribution in [3.63, 3.8) is 0 Å². The van der Waals surface area contributed by atoms with Gasteiger partial charge in [-0.2, -0.15) is 4.31 Å². The molecule has 0 amide bonds. The minimum absolute atomic E-state index is 0.0281. The van der Waals surface area contributed by atoms with Crippen LogP contribution in [-0.2, 0) is 20.0 Å². The molecule has 1 aliphatic heterocycles. The van der Waals surface area contributed by atoms with Crippen molar-refractivity contribution in [3.05, 3.63) is 75.8 Å². The van der Waals surface area contributed by atoms with Gasteiger partial charge in [0.15, 0.2) is 5.78 Å². The van der Waals surface area contributed by atoms with E-state index in [1.165, 1.54) is 46.8 Å². The van der Waals surface area contributed by atoms with Gasteiger partial charge < -0.3 is 4.74 Å². The van der Waals surface area contributed by atoms with Crippen molar-refractivity contribution < 1.29 is 26.4 Å². The van der Waals surface area contributed by atoms with Crippen LogP contribution in [0.15, 0.2) is 64.4 Å². The number of carbonyl (C=O) groups excluding carboxylic acids is 1. The lowest BCUT2D eigenvalue weighted by atomic mass is 10.0. The third-order valence-corrected chi connectivity index (χ3v) is 11.2. The molecule has 12 heteroatoms. The summed E-state index contributed by atoms with van der Waals surface area (Å²) in [6.07, 6.45) is 5.44. The maximum absolute atomic E-state index is 13.2. The van der Waals surface area contributed by atoms with E-state index in [0.717, 1.165) is 32.1 Å². The van der Waals surface area contributed by atoms with Crippen LogP contribution in [0.1, 0.15) is 67.8 Å². The number of carbonyl (C=O) groups is 1. The molecule has 1 saturated heterocycles. The van der Waals surface area contributed by atoms with Crippen LogP contribution in [0, 0.1) is 6.92 Å². The summed E-state index contributed by atoms with van der Waals surface area (Å²) in [6.45, 7) is 4.72. The van der Waals surface area contributed by atoms with Crippen LogP contribution in [0.25, 0.3) is 0 Å². The van der Waals surface area contributed by atoms with Crippen LogP contribution in [-0.4, -0.2) is 40.0 Å². The number of halogens is 2. The predicted molar refractivity (Wildman–Crippen MR) is 166 cm³/mol. The van der Waals surface area contributed by atoms with E-state index in [1.54, 1.807) is 19.1 Å². The lowest BCUT2D eigenvalue weighted by Gasteiger charge is -2.25. The van der Waals surface area contributed by atoms with Crippen molar-refractivity contribution in [3.8, 4) is 11.5 Å². The van der Waals surface area contributed by atoms with Crippen molar-refractivity contribution in [2.75, 3.05) is 17.8 Å². The quantitative estimate of drug-likeness (QED) is 0.158. The number of anilines is 1. The predicted octanol–water partition coefficient (Wildman–Crippen LogP) is 7.83. The molecule has 3 aromatic rings. The highest BCUT2D eigenvalue weighted by molar-refractivity contribution is 7.92. The molecule has 42 heavy (non-hydrogen) atoms. The van der Waals surface area contributed by atoms with E-state index in [0.29, 0.717) is 35.8 Å². The average molecular weight is 654 g/mol. The molecule has 0 bridgehead atoms. The zero-order valence-electron chi connectivity index (χ0n) is 23.5. The van der Waals surface area contributed by atoms with Crippen LogP contribution in [0.2, 0.25) is 10.0 Å². The molecule has 1 aliphatic rings. The number of hydrogen-bond donors (Lipinski definition) is 1. The second-order valence-corrected chi connectivity index (χ2v) is 14.7. The Balaban J connectivity index is 1.61.